The number of β-amino-alcohol motifs (C(OH)–C–C–N with tert-alkyl or cyclic N) is 1. The zero-order chi connectivity index (χ0) is 10.7. The fourth-order valence-electron chi connectivity index (χ4n) is 1.93. The Hall–Kier alpha value is -0.200. The average Bonchev–Trinajstić information content (AvgIpc) is 2.22. The van der Waals surface area contributed by atoms with E-state index in [1.54, 1.807) is 0 Å². The van der Waals surface area contributed by atoms with Crippen LogP contribution < -0.4 is 0 Å². The van der Waals surface area contributed by atoms with Crippen molar-refractivity contribution in [3.05, 3.63) is 27.6 Å². The van der Waals surface area contributed by atoms with E-state index >= 15 is 0 Å². The SMILES string of the molecule is O[C@@H]1CCCN(Cc2ccc(I)nc2)C1. The second-order valence-electron chi connectivity index (χ2n) is 4.02. The molecule has 4 heteroatoms. The minimum absolute atomic E-state index is 0.143. The Morgan fingerprint density at radius 2 is 2.40 bits per heavy atom. The molecule has 1 aromatic rings. The van der Waals surface area contributed by atoms with Gasteiger partial charge in [-0.05, 0) is 53.6 Å². The van der Waals surface area contributed by atoms with Gasteiger partial charge in [-0.3, -0.25) is 9.88 Å². The molecule has 0 bridgehead atoms. The fraction of sp³-hybridized carbons (Fsp3) is 0.545. The predicted octanol–water partition coefficient (Wildman–Crippen LogP) is 1.64. The number of halogens is 1. The van der Waals surface area contributed by atoms with Gasteiger partial charge in [-0.25, -0.2) is 0 Å². The van der Waals surface area contributed by atoms with Crippen molar-refractivity contribution in [1.82, 2.24) is 9.88 Å². The second kappa shape index (κ2) is 5.23. The van der Waals surface area contributed by atoms with Gasteiger partial charge < -0.3 is 5.11 Å². The lowest BCUT2D eigenvalue weighted by Gasteiger charge is -2.29. The van der Waals surface area contributed by atoms with Crippen molar-refractivity contribution in [3.63, 3.8) is 0 Å². The number of rotatable bonds is 2. The molecule has 3 nitrogen and oxygen atoms in total. The molecule has 2 heterocycles. The quantitative estimate of drug-likeness (QED) is 0.665. The zero-order valence-electron chi connectivity index (χ0n) is 8.56. The van der Waals surface area contributed by atoms with Gasteiger partial charge in [0.1, 0.15) is 3.70 Å². The van der Waals surface area contributed by atoms with Crippen LogP contribution in [0.25, 0.3) is 0 Å². The molecule has 15 heavy (non-hydrogen) atoms. The summed E-state index contributed by atoms with van der Waals surface area (Å²) in [5.41, 5.74) is 1.23. The van der Waals surface area contributed by atoms with Crippen molar-refractivity contribution in [3.8, 4) is 0 Å². The van der Waals surface area contributed by atoms with Crippen molar-refractivity contribution >= 4 is 22.6 Å². The molecule has 0 aromatic carbocycles. The van der Waals surface area contributed by atoms with E-state index in [2.05, 4.69) is 38.5 Å². The summed E-state index contributed by atoms with van der Waals surface area (Å²) in [5.74, 6) is 0. The first-order chi connectivity index (χ1) is 7.24. The highest BCUT2D eigenvalue weighted by Crippen LogP contribution is 2.13. The summed E-state index contributed by atoms with van der Waals surface area (Å²) in [5, 5.41) is 9.54. The van der Waals surface area contributed by atoms with Crippen LogP contribution in [0.5, 0.6) is 0 Å². The summed E-state index contributed by atoms with van der Waals surface area (Å²) in [4.78, 5) is 6.55. The van der Waals surface area contributed by atoms with E-state index in [1.165, 1.54) is 5.56 Å². The topological polar surface area (TPSA) is 36.4 Å². The number of aliphatic hydroxyl groups excluding tert-OH is 1. The Kier molecular flexibility index (Phi) is 3.93. The van der Waals surface area contributed by atoms with Crippen molar-refractivity contribution in [2.75, 3.05) is 13.1 Å². The maximum absolute atomic E-state index is 9.54. The zero-order valence-corrected chi connectivity index (χ0v) is 10.7. The molecule has 0 spiro atoms. The number of pyridine rings is 1. The summed E-state index contributed by atoms with van der Waals surface area (Å²) in [6.45, 7) is 2.79. The molecule has 1 fully saturated rings. The summed E-state index contributed by atoms with van der Waals surface area (Å²) in [7, 11) is 0. The first-order valence-corrected chi connectivity index (χ1v) is 6.33. The monoisotopic (exact) mass is 318 g/mol. The minimum atomic E-state index is -0.143. The highest BCUT2D eigenvalue weighted by molar-refractivity contribution is 14.1. The smallest absolute Gasteiger partial charge is 0.101 e. The van der Waals surface area contributed by atoms with Crippen LogP contribution in [0, 0.1) is 3.70 Å². The van der Waals surface area contributed by atoms with Gasteiger partial charge in [-0.2, -0.15) is 0 Å². The third-order valence-corrected chi connectivity index (χ3v) is 3.31. The van der Waals surface area contributed by atoms with Crippen LogP contribution in [0.1, 0.15) is 18.4 Å². The van der Waals surface area contributed by atoms with E-state index in [0.29, 0.717) is 0 Å². The van der Waals surface area contributed by atoms with Gasteiger partial charge >= 0.3 is 0 Å². The number of aromatic nitrogens is 1. The average molecular weight is 318 g/mol. The normalized spacial score (nSPS) is 22.9. The minimum Gasteiger partial charge on any atom is -0.392 e. The van der Waals surface area contributed by atoms with Crippen molar-refractivity contribution in [1.29, 1.82) is 0 Å². The lowest BCUT2D eigenvalue weighted by Crippen LogP contribution is -2.37. The third kappa shape index (κ3) is 3.39. The Bertz CT molecular complexity index is 315. The maximum atomic E-state index is 9.54. The van der Waals surface area contributed by atoms with Crippen molar-refractivity contribution in [2.24, 2.45) is 0 Å². The summed E-state index contributed by atoms with van der Waals surface area (Å²) >= 11 is 2.21. The third-order valence-electron chi connectivity index (χ3n) is 2.68. The fourth-order valence-corrected chi connectivity index (χ4v) is 2.25. The summed E-state index contributed by atoms with van der Waals surface area (Å²) in [6.07, 6.45) is 3.82. The molecule has 0 aliphatic carbocycles. The van der Waals surface area contributed by atoms with Crippen LogP contribution in [-0.4, -0.2) is 34.2 Å². The molecule has 0 saturated carbocycles. The van der Waals surface area contributed by atoms with E-state index in [0.717, 1.165) is 36.2 Å². The van der Waals surface area contributed by atoms with Crippen molar-refractivity contribution in [2.45, 2.75) is 25.5 Å². The van der Waals surface area contributed by atoms with Crippen LogP contribution >= 0.6 is 22.6 Å². The number of hydrogen-bond acceptors (Lipinski definition) is 3. The number of aliphatic hydroxyl groups is 1. The van der Waals surface area contributed by atoms with E-state index in [-0.39, 0.29) is 6.10 Å². The van der Waals surface area contributed by atoms with Crippen LogP contribution in [0.3, 0.4) is 0 Å². The molecule has 1 saturated heterocycles. The molecule has 1 aromatic heterocycles. The molecule has 0 radical (unpaired) electrons. The molecule has 2 rings (SSSR count). The molecular weight excluding hydrogens is 303 g/mol. The molecular formula is C11H15IN2O. The van der Waals surface area contributed by atoms with E-state index in [9.17, 15) is 5.11 Å². The second-order valence-corrected chi connectivity index (χ2v) is 5.13. The predicted molar refractivity (Wildman–Crippen MR) is 67.5 cm³/mol. The van der Waals surface area contributed by atoms with Gasteiger partial charge in [0.05, 0.1) is 6.10 Å². The van der Waals surface area contributed by atoms with Gasteiger partial charge in [0.2, 0.25) is 0 Å². The Balaban J connectivity index is 1.93. The maximum Gasteiger partial charge on any atom is 0.101 e. The lowest BCUT2D eigenvalue weighted by molar-refractivity contribution is 0.0668. The molecule has 1 atom stereocenters. The summed E-state index contributed by atoms with van der Waals surface area (Å²) in [6, 6.07) is 4.13. The number of hydrogen-bond donors (Lipinski definition) is 1. The first-order valence-electron chi connectivity index (χ1n) is 5.25. The number of piperidine rings is 1. The van der Waals surface area contributed by atoms with Gasteiger partial charge in [-0.1, -0.05) is 6.07 Å². The Labute approximate surface area is 104 Å². The van der Waals surface area contributed by atoms with Gasteiger partial charge in [0.15, 0.2) is 0 Å². The highest BCUT2D eigenvalue weighted by Gasteiger charge is 2.17. The van der Waals surface area contributed by atoms with E-state index < -0.39 is 0 Å². The van der Waals surface area contributed by atoms with Gasteiger partial charge in [-0.15, -0.1) is 0 Å². The van der Waals surface area contributed by atoms with Gasteiger partial charge in [0, 0.05) is 19.3 Å². The van der Waals surface area contributed by atoms with Crippen LogP contribution in [0.2, 0.25) is 0 Å². The largest absolute Gasteiger partial charge is 0.392 e. The van der Waals surface area contributed by atoms with Crippen LogP contribution in [0.15, 0.2) is 18.3 Å². The highest BCUT2D eigenvalue weighted by atomic mass is 127. The van der Waals surface area contributed by atoms with Crippen LogP contribution in [0.4, 0.5) is 0 Å². The molecule has 1 aliphatic heterocycles. The summed E-state index contributed by atoms with van der Waals surface area (Å²) < 4.78 is 1.02. The Morgan fingerprint density at radius 3 is 3.07 bits per heavy atom. The van der Waals surface area contributed by atoms with Crippen LogP contribution in [-0.2, 0) is 6.54 Å². The molecule has 1 N–H and O–H groups in total. The standard InChI is InChI=1S/C11H15IN2O/c12-11-4-3-9(6-13-11)7-14-5-1-2-10(15)8-14/h3-4,6,10,15H,1-2,5,7-8H2/t10-/m1/s1. The van der Waals surface area contributed by atoms with E-state index in [1.807, 2.05) is 12.3 Å². The molecule has 0 unspecified atom stereocenters. The molecule has 82 valence electrons. The van der Waals surface area contributed by atoms with Crippen molar-refractivity contribution < 1.29 is 5.11 Å². The van der Waals surface area contributed by atoms with E-state index in [4.69, 9.17) is 0 Å². The Morgan fingerprint density at radius 1 is 1.53 bits per heavy atom. The first kappa shape index (κ1) is 11.3. The lowest BCUT2D eigenvalue weighted by atomic mass is 10.1. The van der Waals surface area contributed by atoms with Gasteiger partial charge in [0.25, 0.3) is 0 Å². The number of nitrogens with zero attached hydrogens (tertiary/aromatic N) is 2. The molecule has 1 aliphatic rings. The molecule has 0 amide bonds. The number of likely N-dealkylation sites (tertiary alicyclic amines) is 1.